The maximum atomic E-state index is 6.69. The summed E-state index contributed by atoms with van der Waals surface area (Å²) in [5.74, 6) is 0. The molecule has 2 aliphatic rings. The molecular weight excluding hydrogens is 550 g/mol. The molecule has 0 saturated carbocycles. The van der Waals surface area contributed by atoms with Gasteiger partial charge >= 0.3 is 0 Å². The third-order valence-electron chi connectivity index (χ3n) is 6.45. The normalized spacial score (nSPS) is 23.3. The summed E-state index contributed by atoms with van der Waals surface area (Å²) in [6.07, 6.45) is 6.44. The lowest BCUT2D eigenvalue weighted by Gasteiger charge is -2.45. The van der Waals surface area contributed by atoms with Gasteiger partial charge in [-0.15, -0.1) is 0 Å². The first-order valence-corrected chi connectivity index (χ1v) is 9.78. The third kappa shape index (κ3) is 6.29. The Kier molecular flexibility index (Phi) is 9.81. The molecule has 0 radical (unpaired) electrons. The zero-order valence-corrected chi connectivity index (χ0v) is 21.0. The number of quaternary nitrogens is 2. The molecule has 0 aliphatic carbocycles. The van der Waals surface area contributed by atoms with Crippen LogP contribution in [-0.4, -0.2) is 69.4 Å². The maximum absolute atomic E-state index is 6.69. The van der Waals surface area contributed by atoms with Crippen molar-refractivity contribution in [3.05, 3.63) is 35.9 Å². The molecule has 0 spiro atoms. The van der Waals surface area contributed by atoms with Crippen LogP contribution in [0.25, 0.3) is 0 Å². The molecule has 5 heteroatoms. The van der Waals surface area contributed by atoms with E-state index >= 15 is 0 Å². The zero-order valence-electron chi connectivity index (χ0n) is 16.7. The predicted octanol–water partition coefficient (Wildman–Crippen LogP) is -2.59. The number of ether oxygens (including phenoxy) is 1. The van der Waals surface area contributed by atoms with E-state index in [1.54, 1.807) is 0 Å². The van der Waals surface area contributed by atoms with Crippen LogP contribution in [0.1, 0.15) is 37.7 Å². The second kappa shape index (κ2) is 10.4. The van der Waals surface area contributed by atoms with E-state index in [0.29, 0.717) is 0 Å². The second-order valence-electron chi connectivity index (χ2n) is 8.94. The molecule has 0 bridgehead atoms. The summed E-state index contributed by atoms with van der Waals surface area (Å²) in [6, 6.07) is 11.0. The van der Waals surface area contributed by atoms with E-state index in [1.165, 1.54) is 55.5 Å². The highest BCUT2D eigenvalue weighted by molar-refractivity contribution is 5.23. The van der Waals surface area contributed by atoms with Gasteiger partial charge in [0.25, 0.3) is 0 Å². The van der Waals surface area contributed by atoms with Crippen molar-refractivity contribution in [3.63, 3.8) is 0 Å². The third-order valence-corrected chi connectivity index (χ3v) is 6.45. The van der Waals surface area contributed by atoms with Crippen molar-refractivity contribution in [2.45, 2.75) is 37.7 Å². The number of piperidine rings is 2. The molecule has 1 aromatic carbocycles. The highest BCUT2D eigenvalue weighted by Gasteiger charge is 2.41. The SMILES string of the molecule is C[N+]1(C)CCC(OCC[N+]2(C)CCCCC2)(c2ccccc2)CC1.[I-].[I-]. The average Bonchev–Trinajstić information content (AvgIpc) is 2.58. The first kappa shape index (κ1) is 24.6. The number of hydrogen-bond donors (Lipinski definition) is 0. The van der Waals surface area contributed by atoms with Gasteiger partial charge in [0.05, 0.1) is 53.9 Å². The van der Waals surface area contributed by atoms with Gasteiger partial charge in [0.2, 0.25) is 0 Å². The fourth-order valence-corrected chi connectivity index (χ4v) is 4.42. The molecular formula is C21H36I2N2O. The quantitative estimate of drug-likeness (QED) is 0.272. The van der Waals surface area contributed by atoms with E-state index in [-0.39, 0.29) is 53.6 Å². The largest absolute Gasteiger partial charge is 1.00 e. The summed E-state index contributed by atoms with van der Waals surface area (Å²) < 4.78 is 9.01. The van der Waals surface area contributed by atoms with Gasteiger partial charge in [0.1, 0.15) is 12.1 Å². The number of likely N-dealkylation sites (tertiary alicyclic amines) is 2. The van der Waals surface area contributed by atoms with Crippen molar-refractivity contribution in [2.24, 2.45) is 0 Å². The summed E-state index contributed by atoms with van der Waals surface area (Å²) in [5.41, 5.74) is 1.32. The number of rotatable bonds is 5. The fraction of sp³-hybridized carbons (Fsp3) is 0.714. The first-order valence-electron chi connectivity index (χ1n) is 9.78. The molecule has 0 unspecified atom stereocenters. The molecule has 0 N–H and O–H groups in total. The van der Waals surface area contributed by atoms with Crippen LogP contribution in [0.2, 0.25) is 0 Å². The van der Waals surface area contributed by atoms with Crippen LogP contribution >= 0.6 is 0 Å². The Morgan fingerprint density at radius 2 is 1.42 bits per heavy atom. The maximum Gasteiger partial charge on any atom is 0.104 e. The Morgan fingerprint density at radius 1 is 0.846 bits per heavy atom. The predicted molar refractivity (Wildman–Crippen MR) is 99.8 cm³/mol. The van der Waals surface area contributed by atoms with Crippen molar-refractivity contribution < 1.29 is 61.7 Å². The molecule has 150 valence electrons. The Labute approximate surface area is 194 Å². The Bertz CT molecular complexity index is 520. The van der Waals surface area contributed by atoms with Crippen LogP contribution in [0, 0.1) is 0 Å². The van der Waals surface area contributed by atoms with Crippen molar-refractivity contribution in [3.8, 4) is 0 Å². The molecule has 0 atom stereocenters. The van der Waals surface area contributed by atoms with Crippen LogP contribution in [0.4, 0.5) is 0 Å². The van der Waals surface area contributed by atoms with E-state index in [2.05, 4.69) is 51.5 Å². The van der Waals surface area contributed by atoms with Crippen LogP contribution < -0.4 is 48.0 Å². The van der Waals surface area contributed by atoms with Gasteiger partial charge in [-0.05, 0) is 24.8 Å². The Hall–Kier alpha value is 0.560. The minimum absolute atomic E-state index is 0. The number of nitrogens with zero attached hydrogens (tertiary/aromatic N) is 2. The number of halogens is 2. The second-order valence-corrected chi connectivity index (χ2v) is 8.94. The average molecular weight is 586 g/mol. The van der Waals surface area contributed by atoms with E-state index in [1.807, 2.05) is 0 Å². The highest BCUT2D eigenvalue weighted by atomic mass is 127. The molecule has 2 heterocycles. The van der Waals surface area contributed by atoms with Crippen molar-refractivity contribution >= 4 is 0 Å². The van der Waals surface area contributed by atoms with Gasteiger partial charge in [-0.25, -0.2) is 0 Å². The van der Waals surface area contributed by atoms with Gasteiger partial charge in [-0.2, -0.15) is 0 Å². The van der Waals surface area contributed by atoms with Crippen LogP contribution in [-0.2, 0) is 10.3 Å². The van der Waals surface area contributed by atoms with Gasteiger partial charge in [-0.1, -0.05) is 30.3 Å². The molecule has 2 fully saturated rings. The van der Waals surface area contributed by atoms with Crippen molar-refractivity contribution in [1.82, 2.24) is 0 Å². The van der Waals surface area contributed by atoms with Crippen LogP contribution in [0.15, 0.2) is 30.3 Å². The van der Waals surface area contributed by atoms with Crippen LogP contribution in [0.5, 0.6) is 0 Å². The van der Waals surface area contributed by atoms with E-state index < -0.39 is 0 Å². The van der Waals surface area contributed by atoms with Gasteiger partial charge < -0.3 is 61.7 Å². The number of hydrogen-bond acceptors (Lipinski definition) is 1. The monoisotopic (exact) mass is 586 g/mol. The minimum atomic E-state index is -0.0655. The molecule has 0 aromatic heterocycles. The minimum Gasteiger partial charge on any atom is -1.00 e. The lowest BCUT2D eigenvalue weighted by molar-refractivity contribution is -0.915. The van der Waals surface area contributed by atoms with Crippen molar-refractivity contribution in [1.29, 1.82) is 0 Å². The molecule has 0 amide bonds. The lowest BCUT2D eigenvalue weighted by Crippen LogP contribution is -3.00. The van der Waals surface area contributed by atoms with Crippen molar-refractivity contribution in [2.75, 3.05) is 60.5 Å². The molecule has 3 nitrogen and oxygen atoms in total. The smallest absolute Gasteiger partial charge is 0.104 e. The summed E-state index contributed by atoms with van der Waals surface area (Å²) in [7, 11) is 7.10. The Balaban J connectivity index is 0.00000169. The molecule has 1 aromatic rings. The molecule has 2 saturated heterocycles. The number of benzene rings is 1. The molecule has 2 aliphatic heterocycles. The van der Waals surface area contributed by atoms with Gasteiger partial charge in [0.15, 0.2) is 0 Å². The summed E-state index contributed by atoms with van der Waals surface area (Å²) in [5, 5.41) is 0. The zero-order chi connectivity index (χ0) is 17.1. The van der Waals surface area contributed by atoms with E-state index in [0.717, 1.165) is 30.5 Å². The highest BCUT2D eigenvalue weighted by Crippen LogP contribution is 2.38. The molecule has 3 rings (SSSR count). The summed E-state index contributed by atoms with van der Waals surface area (Å²) >= 11 is 0. The summed E-state index contributed by atoms with van der Waals surface area (Å²) in [6.45, 7) is 7.09. The molecule has 26 heavy (non-hydrogen) atoms. The Morgan fingerprint density at radius 3 is 2.00 bits per heavy atom. The van der Waals surface area contributed by atoms with E-state index in [9.17, 15) is 0 Å². The van der Waals surface area contributed by atoms with Gasteiger partial charge in [0, 0.05) is 12.8 Å². The van der Waals surface area contributed by atoms with E-state index in [4.69, 9.17) is 4.74 Å². The fourth-order valence-electron chi connectivity index (χ4n) is 4.42. The van der Waals surface area contributed by atoms with Crippen LogP contribution in [0.3, 0.4) is 0 Å². The summed E-state index contributed by atoms with van der Waals surface area (Å²) in [4.78, 5) is 0. The number of likely N-dealkylation sites (N-methyl/N-ethyl adjacent to an activating group) is 1. The topological polar surface area (TPSA) is 9.23 Å². The van der Waals surface area contributed by atoms with Gasteiger partial charge in [-0.3, -0.25) is 0 Å². The lowest BCUT2D eigenvalue weighted by atomic mass is 9.83. The standard InChI is InChI=1S/C21H36N2O.2HI/c1-22(2)16-12-21(13-17-22,20-10-6-4-7-11-20)24-19-18-23(3)14-8-5-9-15-23;;/h4,6-7,10-11H,5,8-9,12-19H2,1-3H3;2*1H/q+2;;/p-2. The first-order chi connectivity index (χ1) is 11.4.